The van der Waals surface area contributed by atoms with Crippen LogP contribution in [0.4, 0.5) is 0 Å². The Morgan fingerprint density at radius 3 is 2.71 bits per heavy atom. The molecule has 1 heterocycles. The number of ether oxygens (including phenoxy) is 1. The normalized spacial score (nSPS) is 11.7. The van der Waals surface area contributed by atoms with Gasteiger partial charge in [-0.3, -0.25) is 4.79 Å². The Balaban J connectivity index is 0.00000256. The molecule has 0 bridgehead atoms. The van der Waals surface area contributed by atoms with Gasteiger partial charge in [0, 0.05) is 7.11 Å². The molecule has 0 aliphatic heterocycles. The molecule has 98 valence electrons. The molecule has 5 nitrogen and oxygen atoms in total. The molecule has 1 unspecified atom stereocenters. The first-order chi connectivity index (χ1) is 7.67. The molecule has 0 aliphatic carbocycles. The molecule has 1 aromatic heterocycles. The first-order valence-electron chi connectivity index (χ1n) is 5.16. The van der Waals surface area contributed by atoms with Crippen LogP contribution in [0.1, 0.15) is 17.6 Å². The van der Waals surface area contributed by atoms with Gasteiger partial charge in [0.1, 0.15) is 17.6 Å². The zero-order valence-electron chi connectivity index (χ0n) is 10.3. The van der Waals surface area contributed by atoms with Gasteiger partial charge >= 0.3 is 0 Å². The second-order valence-corrected chi connectivity index (χ2v) is 3.55. The van der Waals surface area contributed by atoms with Crippen molar-refractivity contribution in [3.8, 4) is 0 Å². The maximum absolute atomic E-state index is 11.4. The Labute approximate surface area is 107 Å². The molecule has 1 aromatic rings. The van der Waals surface area contributed by atoms with Crippen molar-refractivity contribution in [3.63, 3.8) is 0 Å². The molecule has 0 fully saturated rings. The van der Waals surface area contributed by atoms with Crippen molar-refractivity contribution >= 4 is 18.3 Å². The predicted octanol–water partition coefficient (Wildman–Crippen LogP) is 1.03. The minimum Gasteiger partial charge on any atom is -0.464 e. The van der Waals surface area contributed by atoms with Gasteiger partial charge in [0.25, 0.3) is 0 Å². The van der Waals surface area contributed by atoms with E-state index in [-0.39, 0.29) is 30.9 Å². The first-order valence-corrected chi connectivity index (χ1v) is 5.16. The van der Waals surface area contributed by atoms with E-state index in [1.165, 1.54) is 0 Å². The van der Waals surface area contributed by atoms with E-state index < -0.39 is 0 Å². The molecule has 0 saturated carbocycles. The lowest BCUT2D eigenvalue weighted by atomic mass is 10.2. The summed E-state index contributed by atoms with van der Waals surface area (Å²) >= 11 is 0. The highest BCUT2D eigenvalue weighted by molar-refractivity contribution is 5.85. The summed E-state index contributed by atoms with van der Waals surface area (Å²) in [6.07, 6.45) is 0. The molecular weight excluding hydrogens is 244 g/mol. The fraction of sp³-hybridized carbons (Fsp3) is 0.545. The molecular formula is C11H19ClN2O3. The monoisotopic (exact) mass is 262 g/mol. The Hall–Kier alpha value is -1.04. The molecule has 0 spiro atoms. The average molecular weight is 263 g/mol. The van der Waals surface area contributed by atoms with Crippen molar-refractivity contribution in [2.75, 3.05) is 27.3 Å². The number of halogens is 1. The SMILES string of the molecule is CNCC(=O)NC(COC)c1ccc(C)o1.Cl. The van der Waals surface area contributed by atoms with Crippen molar-refractivity contribution in [1.82, 2.24) is 10.6 Å². The van der Waals surface area contributed by atoms with E-state index in [9.17, 15) is 4.79 Å². The van der Waals surface area contributed by atoms with Crippen molar-refractivity contribution in [1.29, 1.82) is 0 Å². The van der Waals surface area contributed by atoms with Gasteiger partial charge < -0.3 is 19.8 Å². The number of likely N-dealkylation sites (N-methyl/N-ethyl adjacent to an activating group) is 1. The molecule has 1 atom stereocenters. The lowest BCUT2D eigenvalue weighted by molar-refractivity contribution is -0.121. The number of carbonyl (C=O) groups is 1. The van der Waals surface area contributed by atoms with E-state index in [4.69, 9.17) is 9.15 Å². The van der Waals surface area contributed by atoms with Gasteiger partial charge in [-0.1, -0.05) is 0 Å². The highest BCUT2D eigenvalue weighted by Gasteiger charge is 2.17. The van der Waals surface area contributed by atoms with E-state index in [1.807, 2.05) is 19.1 Å². The lowest BCUT2D eigenvalue weighted by Gasteiger charge is -2.15. The van der Waals surface area contributed by atoms with Gasteiger partial charge in [0.15, 0.2) is 0 Å². The molecule has 1 amide bonds. The second-order valence-electron chi connectivity index (χ2n) is 3.55. The summed E-state index contributed by atoms with van der Waals surface area (Å²) in [6, 6.07) is 3.47. The molecule has 1 rings (SSSR count). The van der Waals surface area contributed by atoms with Crippen LogP contribution in [-0.2, 0) is 9.53 Å². The maximum Gasteiger partial charge on any atom is 0.234 e. The van der Waals surface area contributed by atoms with Crippen LogP contribution in [0.2, 0.25) is 0 Å². The fourth-order valence-corrected chi connectivity index (χ4v) is 1.41. The average Bonchev–Trinajstić information content (AvgIpc) is 2.64. The zero-order chi connectivity index (χ0) is 12.0. The summed E-state index contributed by atoms with van der Waals surface area (Å²) in [5.41, 5.74) is 0. The molecule has 0 aromatic carbocycles. The summed E-state index contributed by atoms with van der Waals surface area (Å²) in [6.45, 7) is 2.53. The van der Waals surface area contributed by atoms with Gasteiger partial charge in [0.05, 0.1) is 13.2 Å². The van der Waals surface area contributed by atoms with Crippen molar-refractivity contribution in [2.24, 2.45) is 0 Å². The third-order valence-corrected chi connectivity index (χ3v) is 2.11. The molecule has 0 saturated heterocycles. The smallest absolute Gasteiger partial charge is 0.234 e. The van der Waals surface area contributed by atoms with E-state index in [2.05, 4.69) is 10.6 Å². The van der Waals surface area contributed by atoms with E-state index >= 15 is 0 Å². The Kier molecular flexibility index (Phi) is 7.61. The number of nitrogens with one attached hydrogen (secondary N) is 2. The third-order valence-electron chi connectivity index (χ3n) is 2.11. The molecule has 6 heteroatoms. The van der Waals surface area contributed by atoms with Crippen molar-refractivity contribution < 1.29 is 13.9 Å². The topological polar surface area (TPSA) is 63.5 Å². The van der Waals surface area contributed by atoms with E-state index in [1.54, 1.807) is 14.2 Å². The number of methoxy groups -OCH3 is 1. The molecule has 0 aliphatic rings. The third kappa shape index (κ3) is 5.21. The van der Waals surface area contributed by atoms with Gasteiger partial charge in [-0.15, -0.1) is 12.4 Å². The van der Waals surface area contributed by atoms with Gasteiger partial charge in [-0.25, -0.2) is 0 Å². The maximum atomic E-state index is 11.4. The van der Waals surface area contributed by atoms with Crippen LogP contribution < -0.4 is 10.6 Å². The van der Waals surface area contributed by atoms with Crippen LogP contribution in [-0.4, -0.2) is 33.2 Å². The van der Waals surface area contributed by atoms with Crippen LogP contribution in [0.5, 0.6) is 0 Å². The number of hydrogen-bond acceptors (Lipinski definition) is 4. The van der Waals surface area contributed by atoms with Crippen molar-refractivity contribution in [2.45, 2.75) is 13.0 Å². The first kappa shape index (κ1) is 16.0. The predicted molar refractivity (Wildman–Crippen MR) is 67.4 cm³/mol. The molecule has 0 radical (unpaired) electrons. The molecule has 2 N–H and O–H groups in total. The van der Waals surface area contributed by atoms with E-state index in [0.29, 0.717) is 12.4 Å². The quantitative estimate of drug-likeness (QED) is 0.804. The summed E-state index contributed by atoms with van der Waals surface area (Å²) in [5.74, 6) is 1.45. The van der Waals surface area contributed by atoms with Gasteiger partial charge in [-0.05, 0) is 26.1 Å². The lowest BCUT2D eigenvalue weighted by Crippen LogP contribution is -2.36. The highest BCUT2D eigenvalue weighted by atomic mass is 35.5. The summed E-state index contributed by atoms with van der Waals surface area (Å²) in [5, 5.41) is 5.62. The largest absolute Gasteiger partial charge is 0.464 e. The Morgan fingerprint density at radius 2 is 2.24 bits per heavy atom. The van der Waals surface area contributed by atoms with E-state index in [0.717, 1.165) is 5.76 Å². The number of rotatable bonds is 6. The Morgan fingerprint density at radius 1 is 1.53 bits per heavy atom. The minimum atomic E-state index is -0.237. The van der Waals surface area contributed by atoms with Crippen LogP contribution in [0.15, 0.2) is 16.5 Å². The number of hydrogen-bond donors (Lipinski definition) is 2. The second kappa shape index (κ2) is 8.11. The van der Waals surface area contributed by atoms with Crippen LogP contribution in [0.25, 0.3) is 0 Å². The zero-order valence-corrected chi connectivity index (χ0v) is 11.1. The summed E-state index contributed by atoms with van der Waals surface area (Å²) in [7, 11) is 3.31. The van der Waals surface area contributed by atoms with Crippen LogP contribution >= 0.6 is 12.4 Å². The minimum absolute atomic E-state index is 0. The van der Waals surface area contributed by atoms with Crippen LogP contribution in [0, 0.1) is 6.92 Å². The number of aryl methyl sites for hydroxylation is 1. The Bertz CT molecular complexity index is 341. The summed E-state index contributed by atoms with van der Waals surface area (Å²) < 4.78 is 10.5. The number of furan rings is 1. The van der Waals surface area contributed by atoms with Gasteiger partial charge in [-0.2, -0.15) is 0 Å². The number of amides is 1. The summed E-state index contributed by atoms with van der Waals surface area (Å²) in [4.78, 5) is 11.4. The standard InChI is InChI=1S/C11H18N2O3.ClH/c1-8-4-5-10(16-8)9(7-15-3)13-11(14)6-12-2;/h4-5,9,12H,6-7H2,1-3H3,(H,13,14);1H. The van der Waals surface area contributed by atoms with Crippen LogP contribution in [0.3, 0.4) is 0 Å². The highest BCUT2D eigenvalue weighted by Crippen LogP contribution is 2.16. The van der Waals surface area contributed by atoms with Crippen molar-refractivity contribution in [3.05, 3.63) is 23.7 Å². The number of carbonyl (C=O) groups excluding carboxylic acids is 1. The fourth-order valence-electron chi connectivity index (χ4n) is 1.41. The molecule has 17 heavy (non-hydrogen) atoms. The van der Waals surface area contributed by atoms with Gasteiger partial charge in [0.2, 0.25) is 5.91 Å².